The molecule has 2 bridgehead atoms. The zero-order valence-electron chi connectivity index (χ0n) is 8.91. The lowest BCUT2D eigenvalue weighted by Gasteiger charge is -2.28. The SMILES string of the molecule is CC12C(=O)OC(=O)C1(C)C1CCCC2O1. The molecular formula is C11H14O4. The Hall–Kier alpha value is -0.900. The van der Waals surface area contributed by atoms with Crippen molar-refractivity contribution in [1.29, 1.82) is 0 Å². The van der Waals surface area contributed by atoms with E-state index in [9.17, 15) is 9.59 Å². The van der Waals surface area contributed by atoms with Crippen molar-refractivity contribution in [3.8, 4) is 0 Å². The van der Waals surface area contributed by atoms with Crippen LogP contribution in [0.4, 0.5) is 0 Å². The van der Waals surface area contributed by atoms with Crippen molar-refractivity contribution in [2.45, 2.75) is 45.3 Å². The van der Waals surface area contributed by atoms with Gasteiger partial charge in [-0.1, -0.05) is 0 Å². The zero-order valence-corrected chi connectivity index (χ0v) is 8.91. The molecule has 3 aliphatic heterocycles. The molecular weight excluding hydrogens is 196 g/mol. The van der Waals surface area contributed by atoms with Crippen LogP contribution in [0.3, 0.4) is 0 Å². The Labute approximate surface area is 87.9 Å². The van der Waals surface area contributed by atoms with E-state index in [-0.39, 0.29) is 12.2 Å². The van der Waals surface area contributed by atoms with Crippen LogP contribution in [0, 0.1) is 10.8 Å². The lowest BCUT2D eigenvalue weighted by molar-refractivity contribution is -0.162. The number of rotatable bonds is 0. The molecule has 0 aliphatic carbocycles. The topological polar surface area (TPSA) is 52.6 Å². The highest BCUT2D eigenvalue weighted by molar-refractivity contribution is 6.02. The van der Waals surface area contributed by atoms with Gasteiger partial charge in [0.05, 0.1) is 12.2 Å². The van der Waals surface area contributed by atoms with Crippen LogP contribution in [0.15, 0.2) is 0 Å². The molecule has 3 saturated heterocycles. The lowest BCUT2D eigenvalue weighted by atomic mass is 9.64. The summed E-state index contributed by atoms with van der Waals surface area (Å²) in [6.07, 6.45) is 2.46. The van der Waals surface area contributed by atoms with E-state index >= 15 is 0 Å². The van der Waals surface area contributed by atoms with Crippen molar-refractivity contribution >= 4 is 11.9 Å². The highest BCUT2D eigenvalue weighted by atomic mass is 16.6. The van der Waals surface area contributed by atoms with Gasteiger partial charge in [0.25, 0.3) is 0 Å². The predicted molar refractivity (Wildman–Crippen MR) is 49.8 cm³/mol. The van der Waals surface area contributed by atoms with Crippen LogP contribution in [0.25, 0.3) is 0 Å². The summed E-state index contributed by atoms with van der Waals surface area (Å²) in [5.41, 5.74) is -1.52. The number of carbonyl (C=O) groups excluding carboxylic acids is 2. The molecule has 3 heterocycles. The van der Waals surface area contributed by atoms with Crippen molar-refractivity contribution < 1.29 is 19.1 Å². The van der Waals surface area contributed by atoms with Crippen LogP contribution in [0.2, 0.25) is 0 Å². The summed E-state index contributed by atoms with van der Waals surface area (Å²) in [6.45, 7) is 3.63. The van der Waals surface area contributed by atoms with Gasteiger partial charge in [0.2, 0.25) is 0 Å². The van der Waals surface area contributed by atoms with E-state index in [0.717, 1.165) is 19.3 Å². The van der Waals surface area contributed by atoms with Gasteiger partial charge in [-0.05, 0) is 33.1 Å². The molecule has 0 spiro atoms. The molecule has 0 N–H and O–H groups in total. The molecule has 4 atom stereocenters. The Balaban J connectivity index is 2.19. The first-order valence-electron chi connectivity index (χ1n) is 5.43. The molecule has 3 fully saturated rings. The minimum Gasteiger partial charge on any atom is -0.392 e. The number of cyclic esters (lactones) is 2. The van der Waals surface area contributed by atoms with E-state index < -0.39 is 22.8 Å². The Morgan fingerprint density at radius 3 is 2.00 bits per heavy atom. The average Bonchev–Trinajstić information content (AvgIpc) is 2.50. The molecule has 82 valence electrons. The first kappa shape index (κ1) is 9.33. The van der Waals surface area contributed by atoms with Crippen molar-refractivity contribution in [1.82, 2.24) is 0 Å². The van der Waals surface area contributed by atoms with Crippen molar-refractivity contribution in [2.24, 2.45) is 10.8 Å². The maximum absolute atomic E-state index is 11.8. The number of hydrogen-bond acceptors (Lipinski definition) is 4. The minimum absolute atomic E-state index is 0.139. The molecule has 4 nitrogen and oxygen atoms in total. The Bertz CT molecular complexity index is 332. The smallest absolute Gasteiger partial charge is 0.323 e. The molecule has 0 aromatic rings. The largest absolute Gasteiger partial charge is 0.392 e. The first-order chi connectivity index (χ1) is 7.01. The molecule has 4 heteroatoms. The van der Waals surface area contributed by atoms with Crippen LogP contribution in [0.1, 0.15) is 33.1 Å². The van der Waals surface area contributed by atoms with Gasteiger partial charge in [0.15, 0.2) is 0 Å². The molecule has 0 radical (unpaired) electrons. The maximum atomic E-state index is 11.8. The molecule has 0 amide bonds. The Kier molecular flexibility index (Phi) is 1.51. The summed E-state index contributed by atoms with van der Waals surface area (Å²) in [4.78, 5) is 23.6. The van der Waals surface area contributed by atoms with Gasteiger partial charge in [-0.3, -0.25) is 9.59 Å². The molecule has 0 aromatic heterocycles. The summed E-state index contributed by atoms with van der Waals surface area (Å²) in [5, 5.41) is 0. The van der Waals surface area contributed by atoms with Crippen LogP contribution in [-0.2, 0) is 19.1 Å². The van der Waals surface area contributed by atoms with E-state index in [1.165, 1.54) is 0 Å². The van der Waals surface area contributed by atoms with E-state index in [4.69, 9.17) is 9.47 Å². The second-order valence-electron chi connectivity index (χ2n) is 5.13. The number of carbonyl (C=O) groups is 2. The van der Waals surface area contributed by atoms with Gasteiger partial charge < -0.3 is 9.47 Å². The molecule has 3 aliphatic rings. The molecule has 4 unspecified atom stereocenters. The molecule has 0 aromatic carbocycles. The number of fused-ring (bicyclic) bond motifs is 5. The second-order valence-corrected chi connectivity index (χ2v) is 5.13. The quantitative estimate of drug-likeness (QED) is 0.442. The predicted octanol–water partition coefficient (Wildman–Crippen LogP) is 1.03. The third-order valence-electron chi connectivity index (χ3n) is 4.66. The summed E-state index contributed by atoms with van der Waals surface area (Å²) >= 11 is 0. The Morgan fingerprint density at radius 2 is 1.53 bits per heavy atom. The van der Waals surface area contributed by atoms with Gasteiger partial charge in [0.1, 0.15) is 10.8 Å². The summed E-state index contributed by atoms with van der Waals surface area (Å²) < 4.78 is 10.6. The molecule has 15 heavy (non-hydrogen) atoms. The molecule has 0 saturated carbocycles. The van der Waals surface area contributed by atoms with Crippen molar-refractivity contribution in [2.75, 3.05) is 0 Å². The first-order valence-corrected chi connectivity index (χ1v) is 5.43. The lowest BCUT2D eigenvalue weighted by Crippen LogP contribution is -2.44. The van der Waals surface area contributed by atoms with Crippen LogP contribution < -0.4 is 0 Å². The fourth-order valence-electron chi connectivity index (χ4n) is 3.32. The third-order valence-corrected chi connectivity index (χ3v) is 4.66. The second kappa shape index (κ2) is 2.43. The monoisotopic (exact) mass is 210 g/mol. The van der Waals surface area contributed by atoms with Gasteiger partial charge in [0, 0.05) is 0 Å². The number of ether oxygens (including phenoxy) is 2. The fraction of sp³-hybridized carbons (Fsp3) is 0.818. The summed E-state index contributed by atoms with van der Waals surface area (Å²) in [5.74, 6) is -0.797. The summed E-state index contributed by atoms with van der Waals surface area (Å²) in [6, 6.07) is 0. The average molecular weight is 210 g/mol. The van der Waals surface area contributed by atoms with Crippen LogP contribution in [-0.4, -0.2) is 24.1 Å². The highest BCUT2D eigenvalue weighted by Gasteiger charge is 2.75. The van der Waals surface area contributed by atoms with Gasteiger partial charge in [-0.2, -0.15) is 0 Å². The summed E-state index contributed by atoms with van der Waals surface area (Å²) in [7, 11) is 0. The maximum Gasteiger partial charge on any atom is 0.323 e. The third kappa shape index (κ3) is 0.759. The van der Waals surface area contributed by atoms with Crippen LogP contribution in [0.5, 0.6) is 0 Å². The fourth-order valence-corrected chi connectivity index (χ4v) is 3.32. The van der Waals surface area contributed by atoms with Gasteiger partial charge in [-0.15, -0.1) is 0 Å². The zero-order chi connectivity index (χ0) is 10.8. The Morgan fingerprint density at radius 1 is 1.07 bits per heavy atom. The van der Waals surface area contributed by atoms with Crippen molar-refractivity contribution in [3.63, 3.8) is 0 Å². The normalized spacial score (nSPS) is 52.9. The minimum atomic E-state index is -0.759. The van der Waals surface area contributed by atoms with E-state index in [2.05, 4.69) is 0 Å². The number of hydrogen-bond donors (Lipinski definition) is 0. The van der Waals surface area contributed by atoms with Gasteiger partial charge >= 0.3 is 11.9 Å². The van der Waals surface area contributed by atoms with Crippen LogP contribution >= 0.6 is 0 Å². The van der Waals surface area contributed by atoms with E-state index in [1.54, 1.807) is 0 Å². The van der Waals surface area contributed by atoms with Crippen molar-refractivity contribution in [3.05, 3.63) is 0 Å². The van der Waals surface area contributed by atoms with E-state index in [1.807, 2.05) is 13.8 Å². The van der Waals surface area contributed by atoms with E-state index in [0.29, 0.717) is 0 Å². The highest BCUT2D eigenvalue weighted by Crippen LogP contribution is 2.61. The standard InChI is InChI=1S/C11H14O4/c1-10-6-4-3-5-7(14-6)11(10,2)9(13)15-8(10)12/h6-7H,3-5H2,1-2H3. The number of esters is 2. The van der Waals surface area contributed by atoms with Gasteiger partial charge in [-0.25, -0.2) is 0 Å². The molecule has 3 rings (SSSR count).